The van der Waals surface area contributed by atoms with Crippen LogP contribution in [0.15, 0.2) is 0 Å². The van der Waals surface area contributed by atoms with Crippen molar-refractivity contribution in [3.8, 4) is 0 Å². The van der Waals surface area contributed by atoms with E-state index in [-0.39, 0.29) is 6.10 Å². The Hall–Kier alpha value is -0.0400. The summed E-state index contributed by atoms with van der Waals surface area (Å²) in [7, 11) is 0. The van der Waals surface area contributed by atoms with Crippen LogP contribution in [0.5, 0.6) is 0 Å². The zero-order chi connectivity index (χ0) is 10.8. The summed E-state index contributed by atoms with van der Waals surface area (Å²) < 4.78 is 0. The van der Waals surface area contributed by atoms with Crippen molar-refractivity contribution in [1.82, 2.24) is 0 Å². The van der Waals surface area contributed by atoms with Gasteiger partial charge in [0, 0.05) is 0 Å². The van der Waals surface area contributed by atoms with Crippen LogP contribution in [0.25, 0.3) is 0 Å². The first kappa shape index (κ1) is 14.0. The number of unbranched alkanes of at least 4 members (excludes halogenated alkanes) is 4. The predicted molar refractivity (Wildman–Crippen MR) is 63.5 cm³/mol. The normalized spacial score (nSPS) is 15.4. The third kappa shape index (κ3) is 8.55. The smallest absolute Gasteiger partial charge is 0.0540 e. The second kappa shape index (κ2) is 9.51. The Balaban J connectivity index is 3.22. The molecule has 86 valence electrons. The van der Waals surface area contributed by atoms with Crippen LogP contribution in [-0.4, -0.2) is 11.2 Å². The molecule has 0 aliphatic heterocycles. The van der Waals surface area contributed by atoms with Gasteiger partial charge in [0.05, 0.1) is 6.10 Å². The molecule has 1 N–H and O–H groups in total. The second-order valence-corrected chi connectivity index (χ2v) is 4.61. The molecule has 0 aromatic rings. The van der Waals surface area contributed by atoms with Gasteiger partial charge < -0.3 is 5.11 Å². The summed E-state index contributed by atoms with van der Waals surface area (Å²) in [6, 6.07) is 0. The van der Waals surface area contributed by atoms with E-state index in [9.17, 15) is 5.11 Å². The molecule has 0 aromatic carbocycles. The number of hydrogen-bond donors (Lipinski definition) is 1. The number of hydrogen-bond acceptors (Lipinski definition) is 1. The summed E-state index contributed by atoms with van der Waals surface area (Å²) in [6.07, 6.45) is 9.93. The SMILES string of the molecule is CCCCCCCC(C)C[C@@H](O)CC. The van der Waals surface area contributed by atoms with E-state index in [1.807, 2.05) is 0 Å². The Morgan fingerprint density at radius 3 is 2.21 bits per heavy atom. The molecule has 0 bridgehead atoms. The molecule has 0 aliphatic carbocycles. The molecule has 0 spiro atoms. The fourth-order valence-electron chi connectivity index (χ4n) is 1.85. The van der Waals surface area contributed by atoms with Gasteiger partial charge in [0.15, 0.2) is 0 Å². The minimum absolute atomic E-state index is 0.0689. The highest BCUT2D eigenvalue weighted by molar-refractivity contribution is 4.60. The highest BCUT2D eigenvalue weighted by Gasteiger charge is 2.07. The average molecular weight is 200 g/mol. The average Bonchev–Trinajstić information content (AvgIpc) is 2.17. The van der Waals surface area contributed by atoms with Gasteiger partial charge >= 0.3 is 0 Å². The molecule has 1 unspecified atom stereocenters. The zero-order valence-corrected chi connectivity index (χ0v) is 10.3. The number of aliphatic hydroxyl groups excluding tert-OH is 1. The fourth-order valence-corrected chi connectivity index (χ4v) is 1.85. The van der Waals surface area contributed by atoms with E-state index < -0.39 is 0 Å². The van der Waals surface area contributed by atoms with Crippen LogP contribution in [0.1, 0.15) is 72.1 Å². The first-order valence-electron chi connectivity index (χ1n) is 6.38. The Bertz CT molecular complexity index is 112. The molecule has 0 amide bonds. The Kier molecular flexibility index (Phi) is 9.49. The lowest BCUT2D eigenvalue weighted by Crippen LogP contribution is -2.10. The van der Waals surface area contributed by atoms with Gasteiger partial charge in [-0.2, -0.15) is 0 Å². The number of aliphatic hydroxyl groups is 1. The molecule has 0 rings (SSSR count). The van der Waals surface area contributed by atoms with Gasteiger partial charge in [0.25, 0.3) is 0 Å². The largest absolute Gasteiger partial charge is 0.393 e. The molecule has 0 fully saturated rings. The van der Waals surface area contributed by atoms with Crippen LogP contribution in [0.2, 0.25) is 0 Å². The molecule has 0 saturated heterocycles. The standard InChI is InChI=1S/C13H28O/c1-4-6-7-8-9-10-12(3)11-13(14)5-2/h12-14H,4-11H2,1-3H3/t12?,13-/m0/s1. The van der Waals surface area contributed by atoms with Crippen molar-refractivity contribution in [2.45, 2.75) is 78.2 Å². The zero-order valence-electron chi connectivity index (χ0n) is 10.3. The molecule has 14 heavy (non-hydrogen) atoms. The lowest BCUT2D eigenvalue weighted by atomic mass is 9.96. The molecule has 0 saturated carbocycles. The van der Waals surface area contributed by atoms with E-state index in [4.69, 9.17) is 0 Å². The Labute approximate surface area is 89.9 Å². The Morgan fingerprint density at radius 2 is 1.64 bits per heavy atom. The summed E-state index contributed by atoms with van der Waals surface area (Å²) in [4.78, 5) is 0. The molecular weight excluding hydrogens is 172 g/mol. The van der Waals surface area contributed by atoms with Gasteiger partial charge in [-0.25, -0.2) is 0 Å². The van der Waals surface area contributed by atoms with E-state index >= 15 is 0 Å². The van der Waals surface area contributed by atoms with Gasteiger partial charge in [0.1, 0.15) is 0 Å². The summed E-state index contributed by atoms with van der Waals surface area (Å²) in [5.74, 6) is 0.701. The maximum Gasteiger partial charge on any atom is 0.0540 e. The number of rotatable bonds is 9. The van der Waals surface area contributed by atoms with Crippen molar-refractivity contribution >= 4 is 0 Å². The fraction of sp³-hybridized carbons (Fsp3) is 1.00. The summed E-state index contributed by atoms with van der Waals surface area (Å²) in [5.41, 5.74) is 0. The van der Waals surface area contributed by atoms with Gasteiger partial charge in [-0.1, -0.05) is 59.3 Å². The molecule has 0 aliphatic rings. The molecular formula is C13H28O. The third-order valence-electron chi connectivity index (χ3n) is 2.95. The maximum absolute atomic E-state index is 9.47. The van der Waals surface area contributed by atoms with Crippen molar-refractivity contribution in [3.63, 3.8) is 0 Å². The highest BCUT2D eigenvalue weighted by Crippen LogP contribution is 2.16. The van der Waals surface area contributed by atoms with E-state index in [2.05, 4.69) is 20.8 Å². The summed E-state index contributed by atoms with van der Waals surface area (Å²) in [6.45, 7) is 6.57. The quantitative estimate of drug-likeness (QED) is 0.554. The monoisotopic (exact) mass is 200 g/mol. The van der Waals surface area contributed by atoms with Gasteiger partial charge in [0.2, 0.25) is 0 Å². The first-order valence-corrected chi connectivity index (χ1v) is 6.38. The predicted octanol–water partition coefficient (Wildman–Crippen LogP) is 4.14. The highest BCUT2D eigenvalue weighted by atomic mass is 16.3. The van der Waals surface area contributed by atoms with Crippen molar-refractivity contribution in [3.05, 3.63) is 0 Å². The minimum atomic E-state index is -0.0689. The first-order chi connectivity index (χ1) is 6.70. The molecule has 1 nitrogen and oxygen atoms in total. The van der Waals surface area contributed by atoms with Crippen LogP contribution in [-0.2, 0) is 0 Å². The van der Waals surface area contributed by atoms with Crippen molar-refractivity contribution in [1.29, 1.82) is 0 Å². The van der Waals surface area contributed by atoms with Gasteiger partial charge in [-0.05, 0) is 18.8 Å². The minimum Gasteiger partial charge on any atom is -0.393 e. The Morgan fingerprint density at radius 1 is 1.00 bits per heavy atom. The molecule has 0 radical (unpaired) electrons. The van der Waals surface area contributed by atoms with Gasteiger partial charge in [-0.15, -0.1) is 0 Å². The molecule has 2 atom stereocenters. The maximum atomic E-state index is 9.47. The third-order valence-corrected chi connectivity index (χ3v) is 2.95. The van der Waals surface area contributed by atoms with Crippen LogP contribution >= 0.6 is 0 Å². The van der Waals surface area contributed by atoms with E-state index in [0.717, 1.165) is 12.8 Å². The van der Waals surface area contributed by atoms with Crippen molar-refractivity contribution in [2.75, 3.05) is 0 Å². The van der Waals surface area contributed by atoms with Crippen molar-refractivity contribution in [2.24, 2.45) is 5.92 Å². The topological polar surface area (TPSA) is 20.2 Å². The summed E-state index contributed by atoms with van der Waals surface area (Å²) >= 11 is 0. The molecule has 0 heterocycles. The lowest BCUT2D eigenvalue weighted by molar-refractivity contribution is 0.138. The van der Waals surface area contributed by atoms with Crippen LogP contribution < -0.4 is 0 Å². The second-order valence-electron chi connectivity index (χ2n) is 4.61. The summed E-state index contributed by atoms with van der Waals surface area (Å²) in [5, 5.41) is 9.47. The van der Waals surface area contributed by atoms with Crippen molar-refractivity contribution < 1.29 is 5.11 Å². The van der Waals surface area contributed by atoms with Crippen LogP contribution in [0.3, 0.4) is 0 Å². The molecule has 1 heteroatoms. The van der Waals surface area contributed by atoms with Gasteiger partial charge in [-0.3, -0.25) is 0 Å². The lowest BCUT2D eigenvalue weighted by Gasteiger charge is -2.14. The van der Waals surface area contributed by atoms with Crippen LogP contribution in [0.4, 0.5) is 0 Å². The van der Waals surface area contributed by atoms with E-state index in [1.165, 1.54) is 38.5 Å². The van der Waals surface area contributed by atoms with E-state index in [1.54, 1.807) is 0 Å². The molecule has 0 aromatic heterocycles. The van der Waals surface area contributed by atoms with E-state index in [0.29, 0.717) is 5.92 Å². The van der Waals surface area contributed by atoms with Crippen LogP contribution in [0, 0.1) is 5.92 Å².